The summed E-state index contributed by atoms with van der Waals surface area (Å²) in [6.45, 7) is 5.60. The van der Waals surface area contributed by atoms with Crippen LogP contribution in [0.2, 0.25) is 0 Å². The van der Waals surface area contributed by atoms with Gasteiger partial charge in [-0.3, -0.25) is 0 Å². The van der Waals surface area contributed by atoms with E-state index in [1.165, 1.54) is 6.07 Å². The SMILES string of the molecule is CCOc1cc(C(F)(F)F)c2ccc(C)c(C)c2n1. The van der Waals surface area contributed by atoms with Crippen molar-refractivity contribution < 1.29 is 17.9 Å². The Morgan fingerprint density at radius 1 is 1.21 bits per heavy atom. The van der Waals surface area contributed by atoms with Crippen LogP contribution in [0.1, 0.15) is 23.6 Å². The van der Waals surface area contributed by atoms with Crippen LogP contribution < -0.4 is 4.74 Å². The third kappa shape index (κ3) is 2.50. The zero-order valence-corrected chi connectivity index (χ0v) is 10.9. The van der Waals surface area contributed by atoms with Gasteiger partial charge in [-0.05, 0) is 31.9 Å². The van der Waals surface area contributed by atoms with Gasteiger partial charge < -0.3 is 4.74 Å². The fourth-order valence-electron chi connectivity index (χ4n) is 1.96. The van der Waals surface area contributed by atoms with Crippen LogP contribution in [0.4, 0.5) is 13.2 Å². The van der Waals surface area contributed by atoms with Gasteiger partial charge in [-0.25, -0.2) is 4.98 Å². The van der Waals surface area contributed by atoms with Crippen LogP contribution in [0.25, 0.3) is 10.9 Å². The molecule has 19 heavy (non-hydrogen) atoms. The Kier molecular flexibility index (Phi) is 3.39. The zero-order chi connectivity index (χ0) is 14.2. The van der Waals surface area contributed by atoms with E-state index in [-0.39, 0.29) is 17.9 Å². The van der Waals surface area contributed by atoms with Crippen LogP contribution in [0.15, 0.2) is 18.2 Å². The van der Waals surface area contributed by atoms with Crippen molar-refractivity contribution in [3.8, 4) is 5.88 Å². The number of alkyl halides is 3. The molecule has 0 aliphatic heterocycles. The van der Waals surface area contributed by atoms with Crippen molar-refractivity contribution in [2.75, 3.05) is 6.61 Å². The van der Waals surface area contributed by atoms with Gasteiger partial charge in [-0.1, -0.05) is 12.1 Å². The van der Waals surface area contributed by atoms with Gasteiger partial charge in [0.15, 0.2) is 0 Å². The predicted octanol–water partition coefficient (Wildman–Crippen LogP) is 4.27. The van der Waals surface area contributed by atoms with E-state index in [4.69, 9.17) is 4.74 Å². The van der Waals surface area contributed by atoms with Gasteiger partial charge in [0.25, 0.3) is 0 Å². The molecule has 2 aromatic rings. The lowest BCUT2D eigenvalue weighted by atomic mass is 10.0. The van der Waals surface area contributed by atoms with Crippen molar-refractivity contribution in [2.45, 2.75) is 26.9 Å². The second kappa shape index (κ2) is 4.72. The molecule has 102 valence electrons. The summed E-state index contributed by atoms with van der Waals surface area (Å²) in [7, 11) is 0. The Hall–Kier alpha value is -1.78. The summed E-state index contributed by atoms with van der Waals surface area (Å²) in [4.78, 5) is 4.18. The Labute approximate surface area is 109 Å². The lowest BCUT2D eigenvalue weighted by Gasteiger charge is -2.14. The van der Waals surface area contributed by atoms with E-state index in [2.05, 4.69) is 4.98 Å². The molecule has 0 amide bonds. The summed E-state index contributed by atoms with van der Waals surface area (Å²) in [5.74, 6) is 0.0102. The maximum atomic E-state index is 13.1. The van der Waals surface area contributed by atoms with E-state index in [9.17, 15) is 13.2 Å². The van der Waals surface area contributed by atoms with Crippen molar-refractivity contribution in [3.05, 3.63) is 34.9 Å². The molecule has 0 fully saturated rings. The van der Waals surface area contributed by atoms with Crippen LogP contribution in [-0.2, 0) is 6.18 Å². The van der Waals surface area contributed by atoms with E-state index in [1.54, 1.807) is 19.9 Å². The predicted molar refractivity (Wildman–Crippen MR) is 67.4 cm³/mol. The van der Waals surface area contributed by atoms with E-state index in [1.807, 2.05) is 6.92 Å². The standard InChI is InChI=1S/C14H14F3NO/c1-4-19-12-7-11(14(15,16)17)10-6-5-8(2)9(3)13(10)18-12/h5-7H,4H2,1-3H3. The number of benzene rings is 1. The van der Waals surface area contributed by atoms with Crippen LogP contribution >= 0.6 is 0 Å². The fraction of sp³-hybridized carbons (Fsp3) is 0.357. The average Bonchev–Trinajstić information content (AvgIpc) is 2.33. The second-order valence-electron chi connectivity index (χ2n) is 4.34. The quantitative estimate of drug-likeness (QED) is 0.812. The Balaban J connectivity index is 2.82. The monoisotopic (exact) mass is 269 g/mol. The molecular formula is C14H14F3NO. The largest absolute Gasteiger partial charge is 0.478 e. The van der Waals surface area contributed by atoms with E-state index in [0.29, 0.717) is 5.52 Å². The molecule has 1 aromatic heterocycles. The molecule has 0 saturated carbocycles. The molecule has 2 rings (SSSR count). The Morgan fingerprint density at radius 2 is 1.89 bits per heavy atom. The summed E-state index contributed by atoms with van der Waals surface area (Å²) >= 11 is 0. The van der Waals surface area contributed by atoms with Gasteiger partial charge in [0.05, 0.1) is 17.7 Å². The summed E-state index contributed by atoms with van der Waals surface area (Å²) in [5.41, 5.74) is 1.29. The number of rotatable bonds is 2. The maximum absolute atomic E-state index is 13.1. The minimum absolute atomic E-state index is 0.0102. The summed E-state index contributed by atoms with van der Waals surface area (Å²) in [6.07, 6.45) is -4.42. The highest BCUT2D eigenvalue weighted by atomic mass is 19.4. The normalized spacial score (nSPS) is 11.9. The molecule has 0 radical (unpaired) electrons. The maximum Gasteiger partial charge on any atom is 0.417 e. The highest BCUT2D eigenvalue weighted by Gasteiger charge is 2.34. The number of ether oxygens (including phenoxy) is 1. The molecule has 0 saturated heterocycles. The second-order valence-corrected chi connectivity index (χ2v) is 4.34. The van der Waals surface area contributed by atoms with Crippen molar-refractivity contribution in [1.29, 1.82) is 0 Å². The lowest BCUT2D eigenvalue weighted by molar-refractivity contribution is -0.136. The van der Waals surface area contributed by atoms with E-state index >= 15 is 0 Å². The molecule has 1 heterocycles. The number of halogens is 3. The van der Waals surface area contributed by atoms with Crippen molar-refractivity contribution >= 4 is 10.9 Å². The number of fused-ring (bicyclic) bond motifs is 1. The third-order valence-corrected chi connectivity index (χ3v) is 3.08. The summed E-state index contributed by atoms with van der Waals surface area (Å²) < 4.78 is 44.4. The molecule has 0 aliphatic carbocycles. The summed E-state index contributed by atoms with van der Waals surface area (Å²) in [5, 5.41) is 0.110. The number of pyridine rings is 1. The first-order valence-electron chi connectivity index (χ1n) is 5.95. The number of hydrogen-bond acceptors (Lipinski definition) is 2. The Bertz CT molecular complexity index is 620. The first-order chi connectivity index (χ1) is 8.84. The topological polar surface area (TPSA) is 22.1 Å². The zero-order valence-electron chi connectivity index (χ0n) is 10.9. The van der Waals surface area contributed by atoms with Crippen LogP contribution in [-0.4, -0.2) is 11.6 Å². The molecule has 0 bridgehead atoms. The molecule has 1 aromatic carbocycles. The van der Waals surface area contributed by atoms with Gasteiger partial charge in [0.2, 0.25) is 5.88 Å². The van der Waals surface area contributed by atoms with Crippen molar-refractivity contribution in [1.82, 2.24) is 4.98 Å². The van der Waals surface area contributed by atoms with Gasteiger partial charge in [0.1, 0.15) is 0 Å². The Morgan fingerprint density at radius 3 is 2.47 bits per heavy atom. The average molecular weight is 269 g/mol. The first kappa shape index (κ1) is 13.6. The highest BCUT2D eigenvalue weighted by molar-refractivity contribution is 5.87. The van der Waals surface area contributed by atoms with Gasteiger partial charge in [0, 0.05) is 11.5 Å². The van der Waals surface area contributed by atoms with E-state index in [0.717, 1.165) is 17.2 Å². The first-order valence-corrected chi connectivity index (χ1v) is 5.95. The van der Waals surface area contributed by atoms with E-state index < -0.39 is 11.7 Å². The van der Waals surface area contributed by atoms with Gasteiger partial charge >= 0.3 is 6.18 Å². The fourth-order valence-corrected chi connectivity index (χ4v) is 1.96. The molecule has 0 aliphatic rings. The molecule has 2 nitrogen and oxygen atoms in total. The molecule has 5 heteroatoms. The third-order valence-electron chi connectivity index (χ3n) is 3.08. The number of aryl methyl sites for hydroxylation is 2. The van der Waals surface area contributed by atoms with Crippen molar-refractivity contribution in [2.24, 2.45) is 0 Å². The van der Waals surface area contributed by atoms with Crippen molar-refractivity contribution in [3.63, 3.8) is 0 Å². The molecule has 0 unspecified atom stereocenters. The molecular weight excluding hydrogens is 255 g/mol. The minimum atomic E-state index is -4.42. The number of hydrogen-bond donors (Lipinski definition) is 0. The molecule has 0 atom stereocenters. The lowest BCUT2D eigenvalue weighted by Crippen LogP contribution is -2.08. The van der Waals surface area contributed by atoms with Crippen LogP contribution in [0.3, 0.4) is 0 Å². The number of aromatic nitrogens is 1. The molecule has 0 spiro atoms. The minimum Gasteiger partial charge on any atom is -0.478 e. The molecule has 0 N–H and O–H groups in total. The number of nitrogens with zero attached hydrogens (tertiary/aromatic N) is 1. The van der Waals surface area contributed by atoms with Gasteiger partial charge in [-0.15, -0.1) is 0 Å². The van der Waals surface area contributed by atoms with Gasteiger partial charge in [-0.2, -0.15) is 13.2 Å². The van der Waals surface area contributed by atoms with Crippen LogP contribution in [0, 0.1) is 13.8 Å². The smallest absolute Gasteiger partial charge is 0.417 e. The summed E-state index contributed by atoms with van der Waals surface area (Å²) in [6, 6.07) is 4.10. The highest BCUT2D eigenvalue weighted by Crippen LogP contribution is 2.37. The van der Waals surface area contributed by atoms with Crippen LogP contribution in [0.5, 0.6) is 5.88 Å².